The van der Waals surface area contributed by atoms with Gasteiger partial charge in [0.15, 0.2) is 5.70 Å². The first kappa shape index (κ1) is 25.4. The molecule has 1 aliphatic rings. The van der Waals surface area contributed by atoms with Gasteiger partial charge in [0.25, 0.3) is 0 Å². The van der Waals surface area contributed by atoms with Gasteiger partial charge in [-0.25, -0.2) is 9.79 Å². The van der Waals surface area contributed by atoms with Crippen LogP contribution in [-0.2, 0) is 16.0 Å². The molecule has 0 N–H and O–H groups in total. The normalized spacial score (nSPS) is 14.1. The Hall–Kier alpha value is -3.66. The van der Waals surface area contributed by atoms with Crippen molar-refractivity contribution in [3.8, 4) is 16.9 Å². The van der Waals surface area contributed by atoms with Gasteiger partial charge in [-0.2, -0.15) is 0 Å². The SMILES string of the molecule is CCCCCCCCc1ccc(-c2ccc(C3=NC(=Cc4ccc(OCC)cc4)C(=O)O3)cc2)cc1. The number of nitrogens with zero attached hydrogens (tertiary/aromatic N) is 1. The van der Waals surface area contributed by atoms with Crippen molar-refractivity contribution in [2.45, 2.75) is 58.8 Å². The summed E-state index contributed by atoms with van der Waals surface area (Å²) in [7, 11) is 0. The molecule has 0 aromatic heterocycles. The van der Waals surface area contributed by atoms with Crippen LogP contribution in [0.1, 0.15) is 69.1 Å². The molecule has 1 heterocycles. The van der Waals surface area contributed by atoms with E-state index in [1.165, 1.54) is 49.7 Å². The Morgan fingerprint density at radius 3 is 2.03 bits per heavy atom. The molecular weight excluding hydrogens is 446 g/mol. The molecule has 0 radical (unpaired) electrons. The second kappa shape index (κ2) is 12.9. The largest absolute Gasteiger partial charge is 0.494 e. The maximum atomic E-state index is 12.4. The van der Waals surface area contributed by atoms with Crippen molar-refractivity contribution in [1.29, 1.82) is 0 Å². The Bertz CT molecular complexity index is 1190. The van der Waals surface area contributed by atoms with Gasteiger partial charge in [0.1, 0.15) is 5.75 Å². The summed E-state index contributed by atoms with van der Waals surface area (Å²) in [6.45, 7) is 4.82. The molecule has 3 aromatic rings. The van der Waals surface area contributed by atoms with Gasteiger partial charge in [-0.1, -0.05) is 87.6 Å². The molecule has 4 rings (SSSR count). The highest BCUT2D eigenvalue weighted by Gasteiger charge is 2.24. The Morgan fingerprint density at radius 1 is 0.750 bits per heavy atom. The summed E-state index contributed by atoms with van der Waals surface area (Å²) in [4.78, 5) is 16.8. The Morgan fingerprint density at radius 2 is 1.36 bits per heavy atom. The van der Waals surface area contributed by atoms with E-state index in [0.717, 1.165) is 28.9 Å². The Labute approximate surface area is 214 Å². The number of carbonyl (C=O) groups excluding carboxylic acids is 1. The Balaban J connectivity index is 1.36. The van der Waals surface area contributed by atoms with Crippen LogP contribution in [0.15, 0.2) is 83.5 Å². The summed E-state index contributed by atoms with van der Waals surface area (Å²) < 4.78 is 10.9. The monoisotopic (exact) mass is 481 g/mol. The van der Waals surface area contributed by atoms with Crippen LogP contribution in [0.4, 0.5) is 0 Å². The quantitative estimate of drug-likeness (QED) is 0.150. The first-order valence-electron chi connectivity index (χ1n) is 13.1. The van der Waals surface area contributed by atoms with Crippen LogP contribution in [-0.4, -0.2) is 18.5 Å². The van der Waals surface area contributed by atoms with E-state index in [9.17, 15) is 4.79 Å². The molecule has 0 fully saturated rings. The van der Waals surface area contributed by atoms with Crippen molar-refractivity contribution >= 4 is 17.9 Å². The van der Waals surface area contributed by atoms with Gasteiger partial charge in [0.05, 0.1) is 6.61 Å². The summed E-state index contributed by atoms with van der Waals surface area (Å²) in [5.41, 5.74) is 5.63. The molecule has 0 aliphatic carbocycles. The van der Waals surface area contributed by atoms with E-state index in [0.29, 0.717) is 18.2 Å². The van der Waals surface area contributed by atoms with Gasteiger partial charge in [-0.3, -0.25) is 0 Å². The van der Waals surface area contributed by atoms with E-state index in [1.54, 1.807) is 6.08 Å². The lowest BCUT2D eigenvalue weighted by Crippen LogP contribution is -2.05. The summed E-state index contributed by atoms with van der Waals surface area (Å²) >= 11 is 0. The van der Waals surface area contributed by atoms with Gasteiger partial charge in [-0.15, -0.1) is 0 Å². The molecule has 0 bridgehead atoms. The third kappa shape index (κ3) is 6.94. The molecule has 0 amide bonds. The first-order chi connectivity index (χ1) is 17.7. The molecule has 0 spiro atoms. The number of ether oxygens (including phenoxy) is 2. The zero-order chi connectivity index (χ0) is 25.2. The van der Waals surface area contributed by atoms with Gasteiger partial charge >= 0.3 is 5.97 Å². The number of esters is 1. The predicted molar refractivity (Wildman–Crippen MR) is 147 cm³/mol. The number of aliphatic imine (C=N–C) groups is 1. The fourth-order valence-electron chi connectivity index (χ4n) is 4.30. The summed E-state index contributed by atoms with van der Waals surface area (Å²) in [5, 5.41) is 0. The number of benzene rings is 3. The van der Waals surface area contributed by atoms with Crippen LogP contribution in [0, 0.1) is 0 Å². The zero-order valence-corrected chi connectivity index (χ0v) is 21.3. The lowest BCUT2D eigenvalue weighted by Gasteiger charge is -2.06. The van der Waals surface area contributed by atoms with E-state index in [-0.39, 0.29) is 0 Å². The van der Waals surface area contributed by atoms with E-state index < -0.39 is 5.97 Å². The van der Waals surface area contributed by atoms with Crippen molar-refractivity contribution in [1.82, 2.24) is 0 Å². The van der Waals surface area contributed by atoms with Crippen molar-refractivity contribution in [2.75, 3.05) is 6.61 Å². The van der Waals surface area contributed by atoms with E-state index in [1.807, 2.05) is 55.5 Å². The lowest BCUT2D eigenvalue weighted by molar-refractivity contribution is -0.129. The van der Waals surface area contributed by atoms with Crippen LogP contribution in [0.2, 0.25) is 0 Å². The van der Waals surface area contributed by atoms with Crippen LogP contribution in [0.3, 0.4) is 0 Å². The van der Waals surface area contributed by atoms with Crippen molar-refractivity contribution in [2.24, 2.45) is 4.99 Å². The molecule has 0 saturated heterocycles. The molecule has 0 saturated carbocycles. The minimum absolute atomic E-state index is 0.291. The number of cyclic esters (lactones) is 1. The second-order valence-corrected chi connectivity index (χ2v) is 9.13. The maximum absolute atomic E-state index is 12.4. The summed E-state index contributed by atoms with van der Waals surface area (Å²) in [5.74, 6) is 0.687. The topological polar surface area (TPSA) is 47.9 Å². The molecule has 0 atom stereocenters. The first-order valence-corrected chi connectivity index (χ1v) is 13.1. The van der Waals surface area contributed by atoms with Crippen LogP contribution in [0.25, 0.3) is 17.2 Å². The lowest BCUT2D eigenvalue weighted by atomic mass is 10.00. The van der Waals surface area contributed by atoms with Gasteiger partial charge < -0.3 is 9.47 Å². The number of rotatable bonds is 12. The number of unbranched alkanes of at least 4 members (excludes halogenated alkanes) is 5. The number of aryl methyl sites for hydroxylation is 1. The highest BCUT2D eigenvalue weighted by atomic mass is 16.6. The molecule has 4 heteroatoms. The van der Waals surface area contributed by atoms with E-state index >= 15 is 0 Å². The Kier molecular flexibility index (Phi) is 9.09. The fraction of sp³-hybridized carbons (Fsp3) is 0.312. The molecule has 0 unspecified atom stereocenters. The maximum Gasteiger partial charge on any atom is 0.363 e. The molecule has 1 aliphatic heterocycles. The zero-order valence-electron chi connectivity index (χ0n) is 21.3. The van der Waals surface area contributed by atoms with Crippen LogP contribution < -0.4 is 4.74 Å². The molecule has 3 aromatic carbocycles. The van der Waals surface area contributed by atoms with Gasteiger partial charge in [0.2, 0.25) is 5.90 Å². The molecule has 36 heavy (non-hydrogen) atoms. The standard InChI is InChI=1S/C32H35NO3/c1-3-5-6-7-8-9-10-24-11-15-26(16-12-24)27-17-19-28(20-18-27)31-33-30(32(34)36-31)23-25-13-21-29(22-14-25)35-4-2/h11-23H,3-10H2,1-2H3. The third-order valence-electron chi connectivity index (χ3n) is 6.35. The number of carbonyl (C=O) groups is 1. The molecule has 4 nitrogen and oxygen atoms in total. The van der Waals surface area contributed by atoms with E-state index in [4.69, 9.17) is 9.47 Å². The van der Waals surface area contributed by atoms with Crippen LogP contribution in [0.5, 0.6) is 5.75 Å². The fourth-order valence-corrected chi connectivity index (χ4v) is 4.30. The van der Waals surface area contributed by atoms with Crippen molar-refractivity contribution in [3.63, 3.8) is 0 Å². The van der Waals surface area contributed by atoms with Crippen molar-refractivity contribution < 1.29 is 14.3 Å². The second-order valence-electron chi connectivity index (χ2n) is 9.13. The smallest absolute Gasteiger partial charge is 0.363 e. The van der Waals surface area contributed by atoms with Gasteiger partial charge in [0, 0.05) is 5.56 Å². The number of hydrogen-bond acceptors (Lipinski definition) is 4. The highest BCUT2D eigenvalue weighted by molar-refractivity contribution is 6.13. The third-order valence-corrected chi connectivity index (χ3v) is 6.35. The number of hydrogen-bond donors (Lipinski definition) is 0. The average Bonchev–Trinajstić information content (AvgIpc) is 3.28. The predicted octanol–water partition coefficient (Wildman–Crippen LogP) is 8.00. The summed E-state index contributed by atoms with van der Waals surface area (Å²) in [6.07, 6.45) is 10.8. The summed E-state index contributed by atoms with van der Waals surface area (Å²) in [6, 6.07) is 24.4. The van der Waals surface area contributed by atoms with Crippen LogP contribution >= 0.6 is 0 Å². The average molecular weight is 482 g/mol. The molecular formula is C32H35NO3. The van der Waals surface area contributed by atoms with E-state index in [2.05, 4.69) is 36.2 Å². The van der Waals surface area contributed by atoms with Crippen molar-refractivity contribution in [3.05, 3.63) is 95.2 Å². The molecule has 186 valence electrons. The minimum Gasteiger partial charge on any atom is -0.494 e. The highest BCUT2D eigenvalue weighted by Crippen LogP contribution is 2.24. The minimum atomic E-state index is -0.441. The van der Waals surface area contributed by atoms with Gasteiger partial charge in [-0.05, 0) is 72.4 Å².